The Labute approximate surface area is 111 Å². The number of carboxylic acids is 1. The average molecular weight is 276 g/mol. The lowest BCUT2D eigenvalue weighted by atomic mass is 10.1. The fourth-order valence-electron chi connectivity index (χ4n) is 1.43. The minimum absolute atomic E-state index is 0.126. The van der Waals surface area contributed by atoms with Gasteiger partial charge >= 0.3 is 5.97 Å². The third-order valence-electron chi connectivity index (χ3n) is 2.41. The maximum absolute atomic E-state index is 10.4. The Morgan fingerprint density at radius 3 is 2.53 bits per heavy atom. The highest BCUT2D eigenvalue weighted by Gasteiger charge is 2.11. The first-order valence-electron chi connectivity index (χ1n) is 5.29. The number of rotatable bonds is 6. The van der Waals surface area contributed by atoms with Gasteiger partial charge in [-0.3, -0.25) is 4.79 Å². The second-order valence-corrected chi connectivity index (χ2v) is 4.89. The van der Waals surface area contributed by atoms with E-state index in [2.05, 4.69) is 0 Å². The smallest absolute Gasteiger partial charge is 0.304 e. The van der Waals surface area contributed by atoms with E-state index in [4.69, 9.17) is 28.3 Å². The molecule has 1 N–H and O–H groups in total. The summed E-state index contributed by atoms with van der Waals surface area (Å²) in [5.41, 5.74) is 0.984. The van der Waals surface area contributed by atoms with Crippen LogP contribution < -0.4 is 0 Å². The maximum atomic E-state index is 10.4. The van der Waals surface area contributed by atoms with Crippen LogP contribution in [0.25, 0.3) is 0 Å². The van der Waals surface area contributed by atoms with Crippen molar-refractivity contribution in [2.75, 3.05) is 20.1 Å². The zero-order valence-electron chi connectivity index (χ0n) is 9.57. The fourth-order valence-corrected chi connectivity index (χ4v) is 1.94. The molecule has 0 saturated heterocycles. The lowest BCUT2D eigenvalue weighted by molar-refractivity contribution is -0.137. The number of likely N-dealkylation sites (N-methyl/N-ethyl adjacent to an activating group) is 1. The fraction of sp³-hybridized carbons (Fsp3) is 0.417. The van der Waals surface area contributed by atoms with Gasteiger partial charge in [-0.2, -0.15) is 0 Å². The minimum atomic E-state index is -0.797. The number of halogens is 2. The first-order valence-corrected chi connectivity index (χ1v) is 6.10. The van der Waals surface area contributed by atoms with Crippen LogP contribution in [0.3, 0.4) is 0 Å². The summed E-state index contributed by atoms with van der Waals surface area (Å²) in [6.45, 7) is 1.10. The number of benzene rings is 1. The molecule has 94 valence electrons. The topological polar surface area (TPSA) is 40.5 Å². The van der Waals surface area contributed by atoms with E-state index in [1.165, 1.54) is 0 Å². The van der Waals surface area contributed by atoms with E-state index in [9.17, 15) is 4.79 Å². The van der Waals surface area contributed by atoms with E-state index in [1.54, 1.807) is 12.1 Å². The average Bonchev–Trinajstić information content (AvgIpc) is 2.27. The van der Waals surface area contributed by atoms with Crippen LogP contribution in [0.15, 0.2) is 24.3 Å². The first kappa shape index (κ1) is 14.3. The highest BCUT2D eigenvalue weighted by Crippen LogP contribution is 2.22. The van der Waals surface area contributed by atoms with Gasteiger partial charge in [-0.15, -0.1) is 11.6 Å². The number of aliphatic carboxylic acids is 1. The normalized spacial score (nSPS) is 12.7. The number of carboxylic acid groups (broad SMARTS) is 1. The Bertz CT molecular complexity index is 367. The predicted octanol–water partition coefficient (Wildman–Crippen LogP) is 3.03. The van der Waals surface area contributed by atoms with E-state index in [-0.39, 0.29) is 11.8 Å². The molecular formula is C12H15Cl2NO2. The van der Waals surface area contributed by atoms with Crippen molar-refractivity contribution in [1.82, 2.24) is 4.90 Å². The van der Waals surface area contributed by atoms with Crippen molar-refractivity contribution < 1.29 is 9.90 Å². The summed E-state index contributed by atoms with van der Waals surface area (Å²) >= 11 is 12.0. The van der Waals surface area contributed by atoms with Gasteiger partial charge < -0.3 is 10.0 Å². The molecule has 0 aliphatic rings. The van der Waals surface area contributed by atoms with E-state index >= 15 is 0 Å². The molecule has 0 aliphatic carbocycles. The summed E-state index contributed by atoms with van der Waals surface area (Å²) in [6.07, 6.45) is 0.126. The zero-order valence-corrected chi connectivity index (χ0v) is 11.1. The largest absolute Gasteiger partial charge is 0.481 e. The summed E-state index contributed by atoms with van der Waals surface area (Å²) in [7, 11) is 1.86. The lowest BCUT2D eigenvalue weighted by Gasteiger charge is -2.19. The van der Waals surface area contributed by atoms with Crippen LogP contribution >= 0.6 is 23.2 Å². The van der Waals surface area contributed by atoms with Crippen LogP contribution in [-0.2, 0) is 4.79 Å². The van der Waals surface area contributed by atoms with Crippen molar-refractivity contribution in [1.29, 1.82) is 0 Å². The Balaban J connectivity index is 2.45. The van der Waals surface area contributed by atoms with Gasteiger partial charge in [0.1, 0.15) is 0 Å². The molecule has 3 nitrogen and oxygen atoms in total. The predicted molar refractivity (Wildman–Crippen MR) is 69.8 cm³/mol. The summed E-state index contributed by atoms with van der Waals surface area (Å²) in [6, 6.07) is 7.35. The molecule has 0 bridgehead atoms. The van der Waals surface area contributed by atoms with Crippen molar-refractivity contribution in [2.24, 2.45) is 0 Å². The minimum Gasteiger partial charge on any atom is -0.481 e. The molecule has 1 rings (SSSR count). The van der Waals surface area contributed by atoms with Crippen LogP contribution in [0, 0.1) is 0 Å². The van der Waals surface area contributed by atoms with Crippen LogP contribution in [0.4, 0.5) is 0 Å². The Hall–Kier alpha value is -0.770. The second-order valence-electron chi connectivity index (χ2n) is 3.93. The van der Waals surface area contributed by atoms with Gasteiger partial charge in [0, 0.05) is 18.1 Å². The molecule has 0 radical (unpaired) electrons. The molecule has 0 saturated carbocycles. The number of hydrogen-bond donors (Lipinski definition) is 1. The molecule has 1 aromatic rings. The van der Waals surface area contributed by atoms with Crippen LogP contribution in [-0.4, -0.2) is 36.1 Å². The highest BCUT2D eigenvalue weighted by molar-refractivity contribution is 6.30. The maximum Gasteiger partial charge on any atom is 0.304 e. The van der Waals surface area contributed by atoms with E-state index < -0.39 is 5.97 Å². The zero-order chi connectivity index (χ0) is 12.8. The molecule has 0 spiro atoms. The van der Waals surface area contributed by atoms with Crippen molar-refractivity contribution in [2.45, 2.75) is 11.8 Å². The lowest BCUT2D eigenvalue weighted by Crippen LogP contribution is -2.25. The molecule has 0 aliphatic heterocycles. The van der Waals surface area contributed by atoms with Gasteiger partial charge in [0.25, 0.3) is 0 Å². The quantitative estimate of drug-likeness (QED) is 0.812. The molecule has 17 heavy (non-hydrogen) atoms. The third kappa shape index (κ3) is 5.39. The van der Waals surface area contributed by atoms with Crippen molar-refractivity contribution >= 4 is 29.2 Å². The molecule has 0 fully saturated rings. The number of hydrogen-bond acceptors (Lipinski definition) is 2. The Morgan fingerprint density at radius 2 is 2.00 bits per heavy atom. The van der Waals surface area contributed by atoms with Crippen LogP contribution in [0.5, 0.6) is 0 Å². The highest BCUT2D eigenvalue weighted by atomic mass is 35.5. The third-order valence-corrected chi connectivity index (χ3v) is 3.05. The van der Waals surface area contributed by atoms with Crippen molar-refractivity contribution in [3.63, 3.8) is 0 Å². The second kappa shape index (κ2) is 6.84. The van der Waals surface area contributed by atoms with E-state index in [1.807, 2.05) is 24.1 Å². The van der Waals surface area contributed by atoms with Gasteiger partial charge in [-0.05, 0) is 24.7 Å². The van der Waals surface area contributed by atoms with E-state index in [0.717, 1.165) is 5.56 Å². The van der Waals surface area contributed by atoms with Crippen molar-refractivity contribution in [3.8, 4) is 0 Å². The molecule has 0 heterocycles. The Morgan fingerprint density at radius 1 is 1.41 bits per heavy atom. The molecule has 5 heteroatoms. The number of alkyl halides is 1. The summed E-state index contributed by atoms with van der Waals surface area (Å²) in [5.74, 6) is -0.797. The summed E-state index contributed by atoms with van der Waals surface area (Å²) in [5, 5.41) is 9.09. The van der Waals surface area contributed by atoms with Gasteiger partial charge in [-0.1, -0.05) is 23.7 Å². The Kier molecular flexibility index (Phi) is 5.75. The molecule has 0 aromatic heterocycles. The van der Waals surface area contributed by atoms with Crippen molar-refractivity contribution in [3.05, 3.63) is 34.9 Å². The van der Waals surface area contributed by atoms with E-state index in [0.29, 0.717) is 18.1 Å². The summed E-state index contributed by atoms with van der Waals surface area (Å²) < 4.78 is 0. The van der Waals surface area contributed by atoms with Crippen LogP contribution in [0.1, 0.15) is 17.4 Å². The van der Waals surface area contributed by atoms with Gasteiger partial charge in [0.2, 0.25) is 0 Å². The van der Waals surface area contributed by atoms with Crippen LogP contribution in [0.2, 0.25) is 5.02 Å². The monoisotopic (exact) mass is 275 g/mol. The molecule has 0 amide bonds. The molecular weight excluding hydrogens is 261 g/mol. The van der Waals surface area contributed by atoms with Gasteiger partial charge in [0.05, 0.1) is 11.8 Å². The molecule has 1 unspecified atom stereocenters. The van der Waals surface area contributed by atoms with Gasteiger partial charge in [-0.25, -0.2) is 0 Å². The SMILES string of the molecule is CN(CCC(=O)O)CC(Cl)c1ccc(Cl)cc1. The van der Waals surface area contributed by atoms with Gasteiger partial charge in [0.15, 0.2) is 0 Å². The molecule has 1 aromatic carbocycles. The first-order chi connectivity index (χ1) is 7.99. The molecule has 1 atom stereocenters. The number of carbonyl (C=O) groups is 1. The standard InChI is InChI=1S/C12H15Cl2NO2/c1-15(7-6-12(16)17)8-11(14)9-2-4-10(13)5-3-9/h2-5,11H,6-8H2,1H3,(H,16,17). The number of nitrogens with zero attached hydrogens (tertiary/aromatic N) is 1. The summed E-state index contributed by atoms with van der Waals surface area (Å²) in [4.78, 5) is 12.3.